The van der Waals surface area contributed by atoms with Crippen LogP contribution in [0, 0.1) is 39.8 Å². The van der Waals surface area contributed by atoms with E-state index in [4.69, 9.17) is 14.7 Å². The molecule has 0 fully saturated rings. The van der Waals surface area contributed by atoms with Crippen LogP contribution in [0.2, 0.25) is 0 Å². The standard InChI is InChI=1S/C53H54N4O.Pt/c1-32-23-34(3)48(35(4)24-32)57-49(55-53(12)44-16-14-13-15-36(44)31-52(53,57)11)37-25-33(2)26-41(27-37)58-40-18-19-42-43-28-38(50(5,6)7)17-20-45(43)56(46(42)30-40)47-29-39(21-22-54-47)51(8,9)10;/h13-26,28-29H,31H2,1-12H3;/q-2;+2/t52-,53+;/m0./s1. The summed E-state index contributed by atoms with van der Waals surface area (Å²) in [7, 11) is 0. The van der Waals surface area contributed by atoms with E-state index in [1.807, 2.05) is 12.3 Å². The number of ether oxygens (including phenoxy) is 1. The van der Waals surface area contributed by atoms with Gasteiger partial charge in [0, 0.05) is 28.9 Å². The van der Waals surface area contributed by atoms with Gasteiger partial charge < -0.3 is 19.2 Å². The fraction of sp³-hybridized carbons (Fsp3) is 0.321. The SMILES string of the molecule is Cc1cc(Oc2[c-]c3c(cc2)c2cc(C(C)(C)C)ccc2n3-c2cc(C(C)(C)C)ccn2)[c-]c(C2=N[C@]3(C)c4ccccc4C[C@]3(C)N2c2c(C)cc(C)cc2C)c1.[Pt+2]. The van der Waals surface area contributed by atoms with Crippen LogP contribution in [0.3, 0.4) is 0 Å². The minimum absolute atomic E-state index is 0. The van der Waals surface area contributed by atoms with Crippen molar-refractivity contribution >= 4 is 33.3 Å². The van der Waals surface area contributed by atoms with Crippen LogP contribution in [-0.2, 0) is 43.9 Å². The largest absolute Gasteiger partial charge is 2.00 e. The zero-order valence-electron chi connectivity index (χ0n) is 36.5. The first-order valence-electron chi connectivity index (χ1n) is 20.6. The Hall–Kier alpha value is -4.99. The second-order valence-electron chi connectivity index (χ2n) is 19.3. The van der Waals surface area contributed by atoms with E-state index in [-0.39, 0.29) is 37.4 Å². The second-order valence-corrected chi connectivity index (χ2v) is 19.3. The predicted molar refractivity (Wildman–Crippen MR) is 240 cm³/mol. The maximum atomic E-state index is 6.80. The van der Waals surface area contributed by atoms with Crippen molar-refractivity contribution in [3.63, 3.8) is 0 Å². The molecule has 0 bridgehead atoms. The van der Waals surface area contributed by atoms with Gasteiger partial charge in [-0.15, -0.1) is 34.7 Å². The minimum Gasteiger partial charge on any atom is -0.503 e. The van der Waals surface area contributed by atoms with Crippen molar-refractivity contribution in [3.05, 3.63) is 159 Å². The van der Waals surface area contributed by atoms with Gasteiger partial charge in [0.25, 0.3) is 0 Å². The summed E-state index contributed by atoms with van der Waals surface area (Å²) >= 11 is 0. The van der Waals surface area contributed by atoms with Gasteiger partial charge in [0.15, 0.2) is 0 Å². The minimum atomic E-state index is -0.460. The third kappa shape index (κ3) is 6.56. The van der Waals surface area contributed by atoms with E-state index < -0.39 is 5.54 Å². The molecular formula is C53H54N4OPt. The molecule has 2 atom stereocenters. The molecule has 0 N–H and O–H groups in total. The summed E-state index contributed by atoms with van der Waals surface area (Å²) < 4.78 is 9.03. The number of anilines is 1. The summed E-state index contributed by atoms with van der Waals surface area (Å²) in [5.74, 6) is 3.03. The van der Waals surface area contributed by atoms with Crippen LogP contribution in [0.15, 0.2) is 102 Å². The van der Waals surface area contributed by atoms with Gasteiger partial charge in [0.1, 0.15) is 5.82 Å². The molecule has 5 aromatic carbocycles. The number of aromatic nitrogens is 2. The molecule has 5 nitrogen and oxygen atoms in total. The van der Waals surface area contributed by atoms with Crippen molar-refractivity contribution in [1.29, 1.82) is 0 Å². The Morgan fingerprint density at radius 3 is 2.08 bits per heavy atom. The Kier molecular flexibility index (Phi) is 9.71. The quantitative estimate of drug-likeness (QED) is 0.161. The van der Waals surface area contributed by atoms with Crippen molar-refractivity contribution in [2.24, 2.45) is 4.99 Å². The molecule has 7 aromatic rings. The average molecular weight is 958 g/mol. The number of rotatable bonds is 5. The Bertz CT molecular complexity index is 2830. The number of hydrogen-bond donors (Lipinski definition) is 0. The first-order valence-corrected chi connectivity index (χ1v) is 20.6. The van der Waals surface area contributed by atoms with E-state index in [2.05, 4.69) is 190 Å². The van der Waals surface area contributed by atoms with E-state index in [1.165, 1.54) is 50.0 Å². The molecule has 1 aliphatic carbocycles. The molecule has 2 aromatic heterocycles. The van der Waals surface area contributed by atoms with Crippen LogP contribution in [0.1, 0.15) is 105 Å². The van der Waals surface area contributed by atoms with Gasteiger partial charge >= 0.3 is 21.1 Å². The zero-order valence-corrected chi connectivity index (χ0v) is 38.7. The predicted octanol–water partition coefficient (Wildman–Crippen LogP) is 12.9. The molecule has 0 radical (unpaired) electrons. The van der Waals surface area contributed by atoms with Crippen LogP contribution in [0.25, 0.3) is 27.6 Å². The summed E-state index contributed by atoms with van der Waals surface area (Å²) in [6.07, 6.45) is 2.81. The second kappa shape index (κ2) is 14.1. The Labute approximate surface area is 364 Å². The van der Waals surface area contributed by atoms with Gasteiger partial charge in [0.05, 0.1) is 16.9 Å². The molecule has 0 spiro atoms. The molecule has 0 saturated carbocycles. The summed E-state index contributed by atoms with van der Waals surface area (Å²) in [4.78, 5) is 13.2. The first kappa shape index (κ1) is 40.8. The molecule has 302 valence electrons. The summed E-state index contributed by atoms with van der Waals surface area (Å²) in [5, 5.41) is 2.28. The number of amidine groups is 1. The number of fused-ring (bicyclic) bond motifs is 6. The van der Waals surface area contributed by atoms with Gasteiger partial charge in [-0.25, -0.2) is 4.98 Å². The molecule has 0 unspecified atom stereocenters. The van der Waals surface area contributed by atoms with Crippen molar-refractivity contribution < 1.29 is 25.8 Å². The number of aliphatic imine (C=N–C) groups is 1. The monoisotopic (exact) mass is 957 g/mol. The van der Waals surface area contributed by atoms with Gasteiger partial charge in [-0.05, 0) is 109 Å². The molecule has 1 aliphatic heterocycles. The van der Waals surface area contributed by atoms with E-state index >= 15 is 0 Å². The third-order valence-corrected chi connectivity index (χ3v) is 12.8. The average Bonchev–Trinajstić information content (AvgIpc) is 3.67. The third-order valence-electron chi connectivity index (χ3n) is 12.8. The van der Waals surface area contributed by atoms with Gasteiger partial charge in [0.2, 0.25) is 0 Å². The van der Waals surface area contributed by atoms with Crippen LogP contribution < -0.4 is 9.64 Å². The Morgan fingerprint density at radius 1 is 0.695 bits per heavy atom. The van der Waals surface area contributed by atoms with E-state index in [0.717, 1.165) is 45.6 Å². The molecule has 59 heavy (non-hydrogen) atoms. The van der Waals surface area contributed by atoms with Crippen molar-refractivity contribution in [3.8, 4) is 17.3 Å². The normalized spacial score (nSPS) is 18.8. The topological polar surface area (TPSA) is 42.6 Å². The smallest absolute Gasteiger partial charge is 0.503 e. The number of benzene rings is 5. The molecule has 0 amide bonds. The Balaban J connectivity index is 0.00000484. The fourth-order valence-electron chi connectivity index (χ4n) is 9.68. The van der Waals surface area contributed by atoms with E-state index in [9.17, 15) is 0 Å². The molecule has 2 aliphatic rings. The van der Waals surface area contributed by atoms with E-state index in [1.54, 1.807) is 0 Å². The van der Waals surface area contributed by atoms with Crippen molar-refractivity contribution in [2.45, 2.75) is 111 Å². The van der Waals surface area contributed by atoms with Crippen molar-refractivity contribution in [2.75, 3.05) is 4.90 Å². The fourth-order valence-corrected chi connectivity index (χ4v) is 9.68. The summed E-state index contributed by atoms with van der Waals surface area (Å²) in [6.45, 7) is 27.0. The molecular weight excluding hydrogens is 904 g/mol. The molecule has 3 heterocycles. The van der Waals surface area contributed by atoms with Crippen LogP contribution in [0.5, 0.6) is 11.5 Å². The molecule has 0 saturated heterocycles. The number of nitrogens with zero attached hydrogens (tertiary/aromatic N) is 4. The zero-order chi connectivity index (χ0) is 41.1. The van der Waals surface area contributed by atoms with E-state index in [0.29, 0.717) is 11.5 Å². The van der Waals surface area contributed by atoms with Gasteiger partial charge in [-0.1, -0.05) is 120 Å². The Morgan fingerprint density at radius 2 is 1.37 bits per heavy atom. The van der Waals surface area contributed by atoms with Crippen LogP contribution >= 0.6 is 0 Å². The maximum Gasteiger partial charge on any atom is 2.00 e. The maximum absolute atomic E-state index is 6.80. The van der Waals surface area contributed by atoms with Gasteiger partial charge in [-0.2, -0.15) is 6.07 Å². The number of hydrogen-bond acceptors (Lipinski definition) is 4. The number of pyridine rings is 1. The van der Waals surface area contributed by atoms with Crippen LogP contribution in [0.4, 0.5) is 5.69 Å². The van der Waals surface area contributed by atoms with Crippen molar-refractivity contribution in [1.82, 2.24) is 9.55 Å². The molecule has 6 heteroatoms. The summed E-state index contributed by atoms with van der Waals surface area (Å²) in [6, 6.07) is 40.4. The summed E-state index contributed by atoms with van der Waals surface area (Å²) in [5.41, 5.74) is 13.3. The van der Waals surface area contributed by atoms with Gasteiger partial charge in [-0.3, -0.25) is 0 Å². The number of aryl methyl sites for hydroxylation is 4. The van der Waals surface area contributed by atoms with Crippen LogP contribution in [-0.4, -0.2) is 20.9 Å². The molecule has 9 rings (SSSR count). The first-order chi connectivity index (χ1) is 27.4.